The smallest absolute Gasteiger partial charge is 0.254 e. The first-order chi connectivity index (χ1) is 12.6. The van der Waals surface area contributed by atoms with Crippen LogP contribution in [0.15, 0.2) is 48.5 Å². The molecule has 1 fully saturated rings. The van der Waals surface area contributed by atoms with E-state index in [9.17, 15) is 14.4 Å². The summed E-state index contributed by atoms with van der Waals surface area (Å²) in [5.41, 5.74) is 2.17. The van der Waals surface area contributed by atoms with Crippen molar-refractivity contribution < 1.29 is 19.1 Å². The molecule has 0 bridgehead atoms. The maximum absolute atomic E-state index is 12.7. The lowest BCUT2D eigenvalue weighted by atomic mass is 10.1. The van der Waals surface area contributed by atoms with Crippen molar-refractivity contribution in [3.63, 3.8) is 0 Å². The first-order valence-corrected chi connectivity index (χ1v) is 8.44. The number of amides is 2. The molecule has 2 aromatic carbocycles. The lowest BCUT2D eigenvalue weighted by Gasteiger charge is -2.27. The van der Waals surface area contributed by atoms with Crippen LogP contribution in [0.4, 0.5) is 5.69 Å². The molecule has 0 spiro atoms. The number of carbonyl (C=O) groups is 3. The maximum Gasteiger partial charge on any atom is 0.254 e. The summed E-state index contributed by atoms with van der Waals surface area (Å²) in [6, 6.07) is 13.9. The number of methoxy groups -OCH3 is 1. The summed E-state index contributed by atoms with van der Waals surface area (Å²) in [4.78, 5) is 40.6. The topological polar surface area (TPSA) is 66.9 Å². The van der Waals surface area contributed by atoms with Crippen molar-refractivity contribution in [2.75, 3.05) is 18.6 Å². The van der Waals surface area contributed by atoms with Crippen LogP contribution in [0.1, 0.15) is 22.3 Å². The van der Waals surface area contributed by atoms with Crippen molar-refractivity contribution >= 4 is 23.3 Å². The van der Waals surface area contributed by atoms with Crippen molar-refractivity contribution in [1.82, 2.24) is 4.90 Å². The van der Waals surface area contributed by atoms with Gasteiger partial charge in [0, 0.05) is 24.3 Å². The Kier molecular flexibility index (Phi) is 3.95. The Hall–Kier alpha value is -3.15. The van der Waals surface area contributed by atoms with Crippen LogP contribution in [0.2, 0.25) is 0 Å². The van der Waals surface area contributed by atoms with E-state index in [1.807, 2.05) is 30.3 Å². The first kappa shape index (κ1) is 16.3. The standard InChI is InChI=1S/C20H18N2O4/c1-26-15-8-7-13-11-21(20(25)16(13)9-15)12-17-18(23)10-19(24)22(17)14-5-3-2-4-6-14/h2-9,17H,10-12H2,1H3. The number of hydrogen-bond donors (Lipinski definition) is 0. The van der Waals surface area contributed by atoms with Crippen LogP contribution in [-0.2, 0) is 16.1 Å². The fourth-order valence-corrected chi connectivity index (χ4v) is 3.59. The van der Waals surface area contributed by atoms with E-state index >= 15 is 0 Å². The average Bonchev–Trinajstić information content (AvgIpc) is 3.12. The van der Waals surface area contributed by atoms with Crippen LogP contribution < -0.4 is 9.64 Å². The number of rotatable bonds is 4. The van der Waals surface area contributed by atoms with Gasteiger partial charge in [-0.1, -0.05) is 24.3 Å². The molecule has 2 aliphatic heterocycles. The second-order valence-electron chi connectivity index (χ2n) is 6.47. The number of ether oxygens (including phenoxy) is 1. The van der Waals surface area contributed by atoms with Crippen LogP contribution in [0, 0.1) is 0 Å². The Labute approximate surface area is 151 Å². The molecule has 4 rings (SSSR count). The highest BCUT2D eigenvalue weighted by Crippen LogP contribution is 2.30. The van der Waals surface area contributed by atoms with Gasteiger partial charge in [0.25, 0.3) is 5.91 Å². The van der Waals surface area contributed by atoms with E-state index in [0.717, 1.165) is 5.56 Å². The van der Waals surface area contributed by atoms with Crippen LogP contribution in [0.25, 0.3) is 0 Å². The minimum absolute atomic E-state index is 0.123. The van der Waals surface area contributed by atoms with Gasteiger partial charge in [-0.15, -0.1) is 0 Å². The van der Waals surface area contributed by atoms with Crippen LogP contribution in [0.5, 0.6) is 5.75 Å². The second-order valence-corrected chi connectivity index (χ2v) is 6.47. The summed E-state index contributed by atoms with van der Waals surface area (Å²) in [6.45, 7) is 0.619. The quantitative estimate of drug-likeness (QED) is 0.792. The van der Waals surface area contributed by atoms with Gasteiger partial charge in [-0.3, -0.25) is 19.3 Å². The molecule has 0 radical (unpaired) electrons. The number of ketones is 1. The molecule has 2 aliphatic rings. The minimum Gasteiger partial charge on any atom is -0.497 e. The Balaban J connectivity index is 1.59. The monoisotopic (exact) mass is 350 g/mol. The van der Waals surface area contributed by atoms with E-state index in [1.165, 1.54) is 4.90 Å². The largest absolute Gasteiger partial charge is 0.497 e. The summed E-state index contributed by atoms with van der Waals surface area (Å²) in [5.74, 6) is 0.105. The van der Waals surface area contributed by atoms with Crippen molar-refractivity contribution in [3.8, 4) is 5.75 Å². The molecule has 2 aromatic rings. The van der Waals surface area contributed by atoms with Gasteiger partial charge in [-0.05, 0) is 29.8 Å². The zero-order chi connectivity index (χ0) is 18.3. The predicted molar refractivity (Wildman–Crippen MR) is 95.1 cm³/mol. The Morgan fingerprint density at radius 2 is 1.85 bits per heavy atom. The van der Waals surface area contributed by atoms with Crippen molar-refractivity contribution in [3.05, 3.63) is 59.7 Å². The lowest BCUT2D eigenvalue weighted by Crippen LogP contribution is -2.45. The highest BCUT2D eigenvalue weighted by atomic mass is 16.5. The van der Waals surface area contributed by atoms with Crippen LogP contribution >= 0.6 is 0 Å². The van der Waals surface area contributed by atoms with E-state index < -0.39 is 6.04 Å². The highest BCUT2D eigenvalue weighted by Gasteiger charge is 2.42. The number of para-hydroxylation sites is 1. The van der Waals surface area contributed by atoms with Gasteiger partial charge in [-0.2, -0.15) is 0 Å². The fraction of sp³-hybridized carbons (Fsp3) is 0.250. The van der Waals surface area contributed by atoms with Crippen molar-refractivity contribution in [2.24, 2.45) is 0 Å². The zero-order valence-electron chi connectivity index (χ0n) is 14.3. The number of carbonyl (C=O) groups excluding carboxylic acids is 3. The van der Waals surface area contributed by atoms with Gasteiger partial charge in [0.2, 0.25) is 5.91 Å². The highest BCUT2D eigenvalue weighted by molar-refractivity contribution is 6.17. The molecule has 2 heterocycles. The third-order valence-electron chi connectivity index (χ3n) is 4.90. The van der Waals surface area contributed by atoms with Crippen LogP contribution in [0.3, 0.4) is 0 Å². The average molecular weight is 350 g/mol. The fourth-order valence-electron chi connectivity index (χ4n) is 3.59. The summed E-state index contributed by atoms with van der Waals surface area (Å²) in [7, 11) is 1.56. The number of Topliss-reactive ketones (excluding diaryl/α,β-unsaturated/α-hetero) is 1. The Morgan fingerprint density at radius 1 is 1.08 bits per heavy atom. The van der Waals surface area contributed by atoms with Crippen molar-refractivity contribution in [2.45, 2.75) is 19.0 Å². The predicted octanol–water partition coefficient (Wildman–Crippen LogP) is 2.03. The third kappa shape index (κ3) is 2.63. The van der Waals surface area contributed by atoms with E-state index in [4.69, 9.17) is 4.74 Å². The molecule has 1 saturated heterocycles. The molecule has 1 atom stereocenters. The summed E-state index contributed by atoms with van der Waals surface area (Å²) in [5, 5.41) is 0. The summed E-state index contributed by atoms with van der Waals surface area (Å²) < 4.78 is 5.18. The molecular weight excluding hydrogens is 332 g/mol. The zero-order valence-corrected chi connectivity index (χ0v) is 14.3. The Bertz CT molecular complexity index is 894. The molecule has 0 N–H and O–H groups in total. The van der Waals surface area contributed by atoms with Gasteiger partial charge in [0.15, 0.2) is 5.78 Å². The molecule has 6 nitrogen and oxygen atoms in total. The first-order valence-electron chi connectivity index (χ1n) is 8.44. The SMILES string of the molecule is COc1ccc2c(c1)C(=O)N(CC1C(=O)CC(=O)N1c1ccccc1)C2. The molecule has 132 valence electrons. The van der Waals surface area contributed by atoms with E-state index in [2.05, 4.69) is 0 Å². The van der Waals surface area contributed by atoms with Crippen LogP contribution in [-0.4, -0.2) is 42.2 Å². The molecule has 26 heavy (non-hydrogen) atoms. The minimum atomic E-state index is -0.648. The van der Waals surface area contributed by atoms with E-state index in [1.54, 1.807) is 30.2 Å². The maximum atomic E-state index is 12.7. The molecule has 0 saturated carbocycles. The number of nitrogens with zero attached hydrogens (tertiary/aromatic N) is 2. The van der Waals surface area contributed by atoms with Gasteiger partial charge >= 0.3 is 0 Å². The molecule has 6 heteroatoms. The van der Waals surface area contributed by atoms with E-state index in [-0.39, 0.29) is 30.6 Å². The Morgan fingerprint density at radius 3 is 2.58 bits per heavy atom. The summed E-state index contributed by atoms with van der Waals surface area (Å²) >= 11 is 0. The lowest BCUT2D eigenvalue weighted by molar-refractivity contribution is -0.121. The summed E-state index contributed by atoms with van der Waals surface area (Å²) in [6.07, 6.45) is -0.123. The molecule has 0 aliphatic carbocycles. The van der Waals surface area contributed by atoms with E-state index in [0.29, 0.717) is 23.5 Å². The molecule has 1 unspecified atom stereocenters. The van der Waals surface area contributed by atoms with Crippen molar-refractivity contribution in [1.29, 1.82) is 0 Å². The number of hydrogen-bond acceptors (Lipinski definition) is 4. The number of fused-ring (bicyclic) bond motifs is 1. The molecular formula is C20H18N2O4. The number of benzene rings is 2. The van der Waals surface area contributed by atoms with Gasteiger partial charge in [0.1, 0.15) is 11.8 Å². The second kappa shape index (κ2) is 6.29. The van der Waals surface area contributed by atoms with Gasteiger partial charge in [0.05, 0.1) is 13.5 Å². The third-order valence-corrected chi connectivity index (χ3v) is 4.90. The normalized spacial score (nSPS) is 19.3. The molecule has 2 amide bonds. The molecule has 0 aromatic heterocycles. The van der Waals surface area contributed by atoms with Gasteiger partial charge in [-0.25, -0.2) is 0 Å². The van der Waals surface area contributed by atoms with Gasteiger partial charge < -0.3 is 9.64 Å². The number of anilines is 1.